The third-order valence-electron chi connectivity index (χ3n) is 3.69. The summed E-state index contributed by atoms with van der Waals surface area (Å²) in [7, 11) is 0. The van der Waals surface area contributed by atoms with Crippen molar-refractivity contribution in [2.45, 2.75) is 26.2 Å². The molecule has 4 nitrogen and oxygen atoms in total. The van der Waals surface area contributed by atoms with Crippen LogP contribution in [0.5, 0.6) is 5.75 Å². The minimum absolute atomic E-state index is 0.136. The van der Waals surface area contributed by atoms with Gasteiger partial charge in [0, 0.05) is 4.88 Å². The predicted octanol–water partition coefficient (Wildman–Crippen LogP) is 4.08. The minimum Gasteiger partial charge on any atom is -0.482 e. The number of hydrogen-bond donors (Lipinski definition) is 1. The van der Waals surface area contributed by atoms with Crippen LogP contribution in [0.2, 0.25) is 5.02 Å². The number of nitrogens with one attached hydrogen (secondary N) is 1. The van der Waals surface area contributed by atoms with Gasteiger partial charge < -0.3 is 4.74 Å². The molecule has 0 aliphatic heterocycles. The normalized spacial score (nSPS) is 16.7. The summed E-state index contributed by atoms with van der Waals surface area (Å²) in [6, 6.07) is 3.77. The van der Waals surface area contributed by atoms with E-state index in [4.69, 9.17) is 16.3 Å². The molecule has 0 spiro atoms. The lowest BCUT2D eigenvalue weighted by molar-refractivity contribution is -0.118. The number of amides is 1. The summed E-state index contributed by atoms with van der Waals surface area (Å²) in [5.41, 5.74) is 1.09. The van der Waals surface area contributed by atoms with Gasteiger partial charge in [0.1, 0.15) is 11.6 Å². The van der Waals surface area contributed by atoms with E-state index >= 15 is 0 Å². The lowest BCUT2D eigenvalue weighted by Crippen LogP contribution is -2.20. The van der Waals surface area contributed by atoms with E-state index in [1.807, 2.05) is 0 Å². The summed E-state index contributed by atoms with van der Waals surface area (Å²) in [4.78, 5) is 17.7. The van der Waals surface area contributed by atoms with E-state index in [2.05, 4.69) is 17.2 Å². The number of thiazole rings is 1. The zero-order valence-corrected chi connectivity index (χ0v) is 14.1. The van der Waals surface area contributed by atoms with Crippen molar-refractivity contribution < 1.29 is 13.9 Å². The first-order valence-electron chi connectivity index (χ1n) is 7.37. The maximum atomic E-state index is 12.9. The van der Waals surface area contributed by atoms with Crippen molar-refractivity contribution in [3.05, 3.63) is 39.6 Å². The smallest absolute Gasteiger partial charge is 0.264 e. The SMILES string of the molecule is CC1CCc2nc(NC(=O)COc3ccc(F)cc3Cl)sc2C1. The Labute approximate surface area is 142 Å². The van der Waals surface area contributed by atoms with Crippen LogP contribution in [-0.4, -0.2) is 17.5 Å². The van der Waals surface area contributed by atoms with Gasteiger partial charge in [-0.25, -0.2) is 9.37 Å². The topological polar surface area (TPSA) is 51.2 Å². The molecule has 1 N–H and O–H groups in total. The van der Waals surface area contributed by atoms with Crippen LogP contribution in [0.4, 0.5) is 9.52 Å². The molecule has 1 amide bonds. The van der Waals surface area contributed by atoms with Crippen LogP contribution >= 0.6 is 22.9 Å². The monoisotopic (exact) mass is 354 g/mol. The van der Waals surface area contributed by atoms with Crippen LogP contribution in [0, 0.1) is 11.7 Å². The number of nitrogens with zero attached hydrogens (tertiary/aromatic N) is 1. The summed E-state index contributed by atoms with van der Waals surface area (Å²) in [6.07, 6.45) is 3.12. The molecule has 1 aromatic carbocycles. The number of benzene rings is 1. The maximum absolute atomic E-state index is 12.9. The van der Waals surface area contributed by atoms with E-state index in [1.54, 1.807) is 0 Å². The summed E-state index contributed by atoms with van der Waals surface area (Å²) in [6.45, 7) is 2.02. The van der Waals surface area contributed by atoms with Gasteiger partial charge in [0.15, 0.2) is 11.7 Å². The maximum Gasteiger partial charge on any atom is 0.264 e. The molecule has 1 heterocycles. The fourth-order valence-corrected chi connectivity index (χ4v) is 3.89. The summed E-state index contributed by atoms with van der Waals surface area (Å²) >= 11 is 7.37. The van der Waals surface area contributed by atoms with E-state index in [1.165, 1.54) is 28.3 Å². The number of ether oxygens (including phenoxy) is 1. The van der Waals surface area contributed by atoms with Gasteiger partial charge in [-0.05, 0) is 43.4 Å². The molecule has 1 atom stereocenters. The zero-order valence-electron chi connectivity index (χ0n) is 12.6. The molecular formula is C16H16ClFN2O2S. The molecule has 0 radical (unpaired) electrons. The number of hydrogen-bond acceptors (Lipinski definition) is 4. The first kappa shape index (κ1) is 16.2. The van der Waals surface area contributed by atoms with Crippen molar-refractivity contribution in [2.75, 3.05) is 11.9 Å². The van der Waals surface area contributed by atoms with Gasteiger partial charge in [-0.1, -0.05) is 18.5 Å². The Morgan fingerprint density at radius 1 is 1.57 bits per heavy atom. The number of carbonyl (C=O) groups excluding carboxylic acids is 1. The summed E-state index contributed by atoms with van der Waals surface area (Å²) < 4.78 is 18.3. The Hall–Kier alpha value is -1.66. The molecule has 0 saturated carbocycles. The highest BCUT2D eigenvalue weighted by Gasteiger charge is 2.20. The number of rotatable bonds is 4. The summed E-state index contributed by atoms with van der Waals surface area (Å²) in [5.74, 6) is 0.171. The Kier molecular flexibility index (Phi) is 4.82. The highest BCUT2D eigenvalue weighted by molar-refractivity contribution is 7.15. The lowest BCUT2D eigenvalue weighted by Gasteiger charge is -2.15. The lowest BCUT2D eigenvalue weighted by atomic mass is 9.93. The predicted molar refractivity (Wildman–Crippen MR) is 88.8 cm³/mol. The minimum atomic E-state index is -0.450. The van der Waals surface area contributed by atoms with Crippen LogP contribution in [0.3, 0.4) is 0 Å². The molecule has 1 aromatic heterocycles. The third kappa shape index (κ3) is 4.00. The molecule has 1 unspecified atom stereocenters. The van der Waals surface area contributed by atoms with Gasteiger partial charge in [0.05, 0.1) is 10.7 Å². The fourth-order valence-electron chi connectivity index (χ4n) is 2.48. The average Bonchev–Trinajstić information content (AvgIpc) is 2.87. The second-order valence-electron chi connectivity index (χ2n) is 5.65. The van der Waals surface area contributed by atoms with Crippen molar-refractivity contribution in [1.29, 1.82) is 0 Å². The van der Waals surface area contributed by atoms with Crippen molar-refractivity contribution in [2.24, 2.45) is 5.92 Å². The van der Waals surface area contributed by atoms with E-state index in [0.29, 0.717) is 11.0 Å². The third-order valence-corrected chi connectivity index (χ3v) is 5.02. The highest BCUT2D eigenvalue weighted by atomic mass is 35.5. The Bertz CT molecular complexity index is 735. The molecular weight excluding hydrogens is 339 g/mol. The molecule has 3 rings (SSSR count). The molecule has 0 bridgehead atoms. The first-order valence-corrected chi connectivity index (χ1v) is 8.57. The van der Waals surface area contributed by atoms with Crippen molar-refractivity contribution in [3.8, 4) is 5.75 Å². The summed E-state index contributed by atoms with van der Waals surface area (Å²) in [5, 5.41) is 3.48. The van der Waals surface area contributed by atoms with Gasteiger partial charge in [-0.2, -0.15) is 0 Å². The molecule has 1 aliphatic carbocycles. The first-order chi connectivity index (χ1) is 11.0. The van der Waals surface area contributed by atoms with Crippen LogP contribution in [-0.2, 0) is 17.6 Å². The number of aromatic nitrogens is 1. The van der Waals surface area contributed by atoms with Gasteiger partial charge >= 0.3 is 0 Å². The molecule has 0 fully saturated rings. The molecule has 0 saturated heterocycles. The zero-order chi connectivity index (χ0) is 16.4. The van der Waals surface area contributed by atoms with E-state index in [-0.39, 0.29) is 23.3 Å². The molecule has 23 heavy (non-hydrogen) atoms. The van der Waals surface area contributed by atoms with Crippen LogP contribution in [0.15, 0.2) is 18.2 Å². The number of aryl methyl sites for hydroxylation is 1. The van der Waals surface area contributed by atoms with Gasteiger partial charge in [0.2, 0.25) is 0 Å². The number of fused-ring (bicyclic) bond motifs is 1. The van der Waals surface area contributed by atoms with Crippen LogP contribution in [0.25, 0.3) is 0 Å². The standard InChI is InChI=1S/C16H16ClFN2O2S/c1-9-2-4-12-14(6-9)23-16(19-12)20-15(21)8-22-13-5-3-10(18)7-11(13)17/h3,5,7,9H,2,4,6,8H2,1H3,(H,19,20,21). The Morgan fingerprint density at radius 3 is 3.17 bits per heavy atom. The molecule has 7 heteroatoms. The van der Waals surface area contributed by atoms with Crippen LogP contribution < -0.4 is 10.1 Å². The Balaban J connectivity index is 1.57. The number of halogens is 2. The van der Waals surface area contributed by atoms with Crippen molar-refractivity contribution in [3.63, 3.8) is 0 Å². The van der Waals surface area contributed by atoms with E-state index in [9.17, 15) is 9.18 Å². The number of anilines is 1. The van der Waals surface area contributed by atoms with Crippen molar-refractivity contribution >= 4 is 34.0 Å². The van der Waals surface area contributed by atoms with Crippen LogP contribution in [0.1, 0.15) is 23.9 Å². The Morgan fingerprint density at radius 2 is 2.39 bits per heavy atom. The molecule has 2 aromatic rings. The van der Waals surface area contributed by atoms with Gasteiger partial charge in [0.25, 0.3) is 5.91 Å². The second-order valence-corrected chi connectivity index (χ2v) is 7.14. The van der Waals surface area contributed by atoms with Crippen molar-refractivity contribution in [1.82, 2.24) is 4.98 Å². The highest BCUT2D eigenvalue weighted by Crippen LogP contribution is 2.32. The fraction of sp³-hybridized carbons (Fsp3) is 0.375. The average molecular weight is 355 g/mol. The second kappa shape index (κ2) is 6.84. The number of carbonyl (C=O) groups is 1. The van der Waals surface area contributed by atoms with Gasteiger partial charge in [-0.3, -0.25) is 10.1 Å². The largest absolute Gasteiger partial charge is 0.482 e. The molecule has 122 valence electrons. The molecule has 1 aliphatic rings. The van der Waals surface area contributed by atoms with Gasteiger partial charge in [-0.15, -0.1) is 11.3 Å². The van der Waals surface area contributed by atoms with E-state index < -0.39 is 5.82 Å². The van der Waals surface area contributed by atoms with E-state index in [0.717, 1.165) is 31.0 Å². The quantitative estimate of drug-likeness (QED) is 0.900.